The summed E-state index contributed by atoms with van der Waals surface area (Å²) in [5.41, 5.74) is 0. The van der Waals surface area contributed by atoms with E-state index in [0.29, 0.717) is 12.8 Å². The maximum Gasteiger partial charge on any atom is 0.472 e. The van der Waals surface area contributed by atoms with Crippen LogP contribution in [0, 0.1) is 0 Å². The third kappa shape index (κ3) is 44.3. The van der Waals surface area contributed by atoms with Gasteiger partial charge >= 0.3 is 13.8 Å². The Morgan fingerprint density at radius 2 is 0.983 bits per heavy atom. The number of hydrogen-bond acceptors (Lipinski definition) is 7. The van der Waals surface area contributed by atoms with E-state index in [1.165, 1.54) is 57.8 Å². The number of nitrogens with one attached hydrogen (secondary N) is 1. The third-order valence-corrected chi connectivity index (χ3v) is 10.0. The van der Waals surface area contributed by atoms with E-state index in [1.807, 2.05) is 0 Å². The van der Waals surface area contributed by atoms with Gasteiger partial charge in [0.2, 0.25) is 5.91 Å². The Morgan fingerprint density at radius 1 is 0.552 bits per heavy atom. The fourth-order valence-electron chi connectivity index (χ4n) is 5.67. The number of hydrogen-bond donors (Lipinski definition) is 3. The van der Waals surface area contributed by atoms with Crippen LogP contribution in [0.15, 0.2) is 85.1 Å². The highest BCUT2D eigenvalue weighted by atomic mass is 31.2. The maximum absolute atomic E-state index is 12.1. The van der Waals surface area contributed by atoms with Gasteiger partial charge in [0.05, 0.1) is 13.2 Å². The van der Waals surface area contributed by atoms with E-state index >= 15 is 0 Å². The number of carbonyl (C=O) groups excluding carboxylic acids is 2. The number of allylic oxidation sites excluding steroid dienone is 14. The SMILES string of the molecule is CC/C=C\C/C=C\C/C=C\C/C=C\C/C=C\C/C=C\CCCCC(=O)OCC(O)COP(=O)(O)OCCNC(=O)CCCCCCC/C=C\CCCCCCCCC. The number of amides is 1. The molecule has 0 fully saturated rings. The minimum absolute atomic E-state index is 0.0677. The molecule has 3 N–H and O–H groups in total. The number of aliphatic hydroxyl groups excluding tert-OH is 1. The number of rotatable bonds is 41. The summed E-state index contributed by atoms with van der Waals surface area (Å²) in [6, 6.07) is 0. The first kappa shape index (κ1) is 55.2. The van der Waals surface area contributed by atoms with Crippen molar-refractivity contribution in [3.05, 3.63) is 85.1 Å². The lowest BCUT2D eigenvalue weighted by molar-refractivity contribution is -0.147. The molecule has 0 heterocycles. The molecule has 2 unspecified atom stereocenters. The first-order valence-corrected chi connectivity index (χ1v) is 24.1. The van der Waals surface area contributed by atoms with Gasteiger partial charge in [-0.3, -0.25) is 18.6 Å². The molecule has 58 heavy (non-hydrogen) atoms. The summed E-state index contributed by atoms with van der Waals surface area (Å²) in [5, 5.41) is 12.7. The maximum atomic E-state index is 12.1. The van der Waals surface area contributed by atoms with Crippen molar-refractivity contribution in [2.75, 3.05) is 26.4 Å². The predicted octanol–water partition coefficient (Wildman–Crippen LogP) is 12.8. The van der Waals surface area contributed by atoms with E-state index < -0.39 is 26.5 Å². The fourth-order valence-corrected chi connectivity index (χ4v) is 6.43. The van der Waals surface area contributed by atoms with Crippen LogP contribution in [0.3, 0.4) is 0 Å². The van der Waals surface area contributed by atoms with Crippen molar-refractivity contribution in [3.8, 4) is 0 Å². The number of aliphatic hydroxyl groups is 1. The highest BCUT2D eigenvalue weighted by Crippen LogP contribution is 2.42. The number of esters is 1. The standard InChI is InChI=1S/C48H82NO8P/c1-3-5-7-9-11-13-15-17-19-21-22-23-24-25-27-29-31-33-35-37-39-41-48(52)55-44-46(50)45-57-58(53,54)56-43-42-49-47(51)40-38-36-34-32-30-28-26-20-18-16-14-12-10-8-6-4-2/h5,7,11,13,17,19-20,22-23,25-27,31,33,46,50H,3-4,6,8-10,12,14-16,18,21,24,28-30,32,34-45H2,1-2H3,(H,49,51)(H,53,54)/b7-5-,13-11-,19-17-,23-22-,26-20-,27-25-,33-31-. The van der Waals surface area contributed by atoms with Crippen LogP contribution in [0.5, 0.6) is 0 Å². The van der Waals surface area contributed by atoms with Crippen LogP contribution < -0.4 is 5.32 Å². The Labute approximate surface area is 353 Å². The average molecular weight is 832 g/mol. The number of phosphoric acid groups is 1. The van der Waals surface area contributed by atoms with Crippen molar-refractivity contribution >= 4 is 19.7 Å². The highest BCUT2D eigenvalue weighted by Gasteiger charge is 2.23. The van der Waals surface area contributed by atoms with Crippen LogP contribution in [-0.4, -0.2) is 54.3 Å². The summed E-state index contributed by atoms with van der Waals surface area (Å²) in [4.78, 5) is 33.9. The number of unbranched alkanes of at least 4 members (excludes halogenated alkanes) is 14. The van der Waals surface area contributed by atoms with Crippen LogP contribution >= 0.6 is 7.82 Å². The molecule has 0 rings (SSSR count). The van der Waals surface area contributed by atoms with Gasteiger partial charge in [-0.15, -0.1) is 0 Å². The topological polar surface area (TPSA) is 131 Å². The molecular weight excluding hydrogens is 750 g/mol. The molecular formula is C48H82NO8P. The smallest absolute Gasteiger partial charge is 0.463 e. The van der Waals surface area contributed by atoms with Crippen LogP contribution in [0.2, 0.25) is 0 Å². The molecule has 0 aromatic carbocycles. The monoisotopic (exact) mass is 832 g/mol. The van der Waals surface area contributed by atoms with Gasteiger partial charge in [-0.2, -0.15) is 0 Å². The third-order valence-electron chi connectivity index (χ3n) is 9.06. The lowest BCUT2D eigenvalue weighted by atomic mass is 10.1. The molecule has 0 spiro atoms. The largest absolute Gasteiger partial charge is 0.472 e. The van der Waals surface area contributed by atoms with E-state index in [4.69, 9.17) is 13.8 Å². The first-order chi connectivity index (χ1) is 28.3. The Bertz CT molecular complexity index is 1220. The minimum Gasteiger partial charge on any atom is -0.463 e. The van der Waals surface area contributed by atoms with E-state index in [9.17, 15) is 24.2 Å². The molecule has 0 aliphatic heterocycles. The van der Waals surface area contributed by atoms with Crippen molar-refractivity contribution in [2.24, 2.45) is 0 Å². The lowest BCUT2D eigenvalue weighted by Gasteiger charge is -2.15. The van der Waals surface area contributed by atoms with Gasteiger partial charge in [0.15, 0.2) is 0 Å². The Kier molecular flexibility index (Phi) is 41.6. The van der Waals surface area contributed by atoms with E-state index in [0.717, 1.165) is 83.5 Å². The van der Waals surface area contributed by atoms with Gasteiger partial charge in [-0.25, -0.2) is 4.57 Å². The molecule has 0 aliphatic carbocycles. The molecule has 0 bridgehead atoms. The van der Waals surface area contributed by atoms with Crippen LogP contribution in [0.4, 0.5) is 0 Å². The summed E-state index contributed by atoms with van der Waals surface area (Å²) in [7, 11) is -4.44. The molecule has 0 aliphatic rings. The van der Waals surface area contributed by atoms with Crippen LogP contribution in [0.1, 0.15) is 174 Å². The number of ether oxygens (including phenoxy) is 1. The zero-order valence-electron chi connectivity index (χ0n) is 36.5. The molecule has 9 nitrogen and oxygen atoms in total. The van der Waals surface area contributed by atoms with Crippen molar-refractivity contribution < 1.29 is 37.9 Å². The number of phosphoric ester groups is 1. The molecule has 0 aromatic heterocycles. The normalized spacial score (nSPS) is 14.1. The summed E-state index contributed by atoms with van der Waals surface area (Å²) >= 11 is 0. The molecule has 0 saturated heterocycles. The van der Waals surface area contributed by atoms with Crippen molar-refractivity contribution in [1.82, 2.24) is 5.32 Å². The second-order valence-electron chi connectivity index (χ2n) is 14.6. The van der Waals surface area contributed by atoms with Gasteiger partial charge < -0.3 is 20.1 Å². The van der Waals surface area contributed by atoms with Crippen molar-refractivity contribution in [1.29, 1.82) is 0 Å². The fraction of sp³-hybridized carbons (Fsp3) is 0.667. The first-order valence-electron chi connectivity index (χ1n) is 22.6. The van der Waals surface area contributed by atoms with Crippen molar-refractivity contribution in [3.63, 3.8) is 0 Å². The zero-order valence-corrected chi connectivity index (χ0v) is 37.4. The molecule has 0 aromatic rings. The summed E-state index contributed by atoms with van der Waals surface area (Å²) in [5.74, 6) is -0.575. The molecule has 0 saturated carbocycles. The lowest BCUT2D eigenvalue weighted by Crippen LogP contribution is -2.27. The van der Waals surface area contributed by atoms with Gasteiger partial charge in [0.1, 0.15) is 12.7 Å². The van der Waals surface area contributed by atoms with Crippen LogP contribution in [0.25, 0.3) is 0 Å². The molecule has 10 heteroatoms. The summed E-state index contributed by atoms with van der Waals surface area (Å²) < 4.78 is 26.9. The molecule has 1 amide bonds. The van der Waals surface area contributed by atoms with E-state index in [-0.39, 0.29) is 32.1 Å². The average Bonchev–Trinajstić information content (AvgIpc) is 3.21. The highest BCUT2D eigenvalue weighted by molar-refractivity contribution is 7.47. The van der Waals surface area contributed by atoms with Crippen LogP contribution in [-0.2, 0) is 27.9 Å². The van der Waals surface area contributed by atoms with Gasteiger partial charge in [0.25, 0.3) is 0 Å². The second-order valence-corrected chi connectivity index (χ2v) is 16.1. The Balaban J connectivity index is 3.71. The summed E-state index contributed by atoms with van der Waals surface area (Å²) in [6.45, 7) is 3.36. The minimum atomic E-state index is -4.44. The number of carbonyl (C=O) groups is 2. The molecule has 0 radical (unpaired) electrons. The van der Waals surface area contributed by atoms with Gasteiger partial charge in [0, 0.05) is 19.4 Å². The quantitative estimate of drug-likeness (QED) is 0.0240. The van der Waals surface area contributed by atoms with Gasteiger partial charge in [-0.1, -0.05) is 157 Å². The van der Waals surface area contributed by atoms with E-state index in [1.54, 1.807) is 0 Å². The second kappa shape index (κ2) is 43.8. The predicted molar refractivity (Wildman–Crippen MR) is 242 cm³/mol. The van der Waals surface area contributed by atoms with Gasteiger partial charge in [-0.05, 0) is 89.9 Å². The zero-order chi connectivity index (χ0) is 42.5. The summed E-state index contributed by atoms with van der Waals surface area (Å²) in [6.07, 6.45) is 55.1. The Hall–Kier alpha value is -2.81. The van der Waals surface area contributed by atoms with Crippen molar-refractivity contribution in [2.45, 2.75) is 180 Å². The van der Waals surface area contributed by atoms with E-state index in [2.05, 4.69) is 104 Å². The molecule has 2 atom stereocenters. The molecule has 332 valence electrons. The Morgan fingerprint density at radius 3 is 1.52 bits per heavy atom.